The van der Waals surface area contributed by atoms with E-state index in [9.17, 15) is 14.4 Å². The number of amides is 2. The third-order valence-electron chi connectivity index (χ3n) is 3.28. The normalized spacial score (nSPS) is 14.8. The van der Waals surface area contributed by atoms with Gasteiger partial charge < -0.3 is 9.80 Å². The van der Waals surface area contributed by atoms with Crippen molar-refractivity contribution in [3.63, 3.8) is 0 Å². The maximum absolute atomic E-state index is 12.1. The monoisotopic (exact) mass is 272 g/mol. The van der Waals surface area contributed by atoms with Crippen LogP contribution in [0.4, 0.5) is 0 Å². The van der Waals surface area contributed by atoms with Crippen molar-refractivity contribution in [1.29, 1.82) is 0 Å². The molecule has 1 heterocycles. The second-order valence-electron chi connectivity index (χ2n) is 4.52. The maximum atomic E-state index is 12.1. The van der Waals surface area contributed by atoms with E-state index < -0.39 is 11.7 Å². The van der Waals surface area contributed by atoms with Crippen LogP contribution in [-0.4, -0.2) is 53.6 Å². The molecule has 5 heteroatoms. The van der Waals surface area contributed by atoms with Gasteiger partial charge in [-0.2, -0.15) is 0 Å². The van der Waals surface area contributed by atoms with Gasteiger partial charge in [-0.25, -0.2) is 0 Å². The van der Waals surface area contributed by atoms with Gasteiger partial charge in [0.15, 0.2) is 0 Å². The quantitative estimate of drug-likeness (QED) is 0.463. The zero-order chi connectivity index (χ0) is 14.5. The minimum atomic E-state index is -0.512. The third kappa shape index (κ3) is 2.93. The third-order valence-corrected chi connectivity index (χ3v) is 3.28. The Morgan fingerprint density at radius 2 is 1.50 bits per heavy atom. The van der Waals surface area contributed by atoms with Crippen LogP contribution < -0.4 is 0 Å². The second-order valence-corrected chi connectivity index (χ2v) is 4.52. The number of hydrogen-bond donors (Lipinski definition) is 0. The lowest BCUT2D eigenvalue weighted by Crippen LogP contribution is -2.51. The van der Waals surface area contributed by atoms with Gasteiger partial charge in [-0.1, -0.05) is 36.9 Å². The first kappa shape index (κ1) is 14.0. The summed E-state index contributed by atoms with van der Waals surface area (Å²) in [6.45, 7) is 5.03. The van der Waals surface area contributed by atoms with Gasteiger partial charge in [-0.05, 0) is 6.08 Å². The van der Waals surface area contributed by atoms with Crippen molar-refractivity contribution in [2.24, 2.45) is 0 Å². The van der Waals surface area contributed by atoms with Crippen LogP contribution in [0.5, 0.6) is 0 Å². The Hall–Kier alpha value is -2.43. The van der Waals surface area contributed by atoms with E-state index in [0.29, 0.717) is 31.7 Å². The van der Waals surface area contributed by atoms with Crippen LogP contribution in [0.25, 0.3) is 0 Å². The summed E-state index contributed by atoms with van der Waals surface area (Å²) < 4.78 is 0. The first-order valence-corrected chi connectivity index (χ1v) is 6.43. The minimum Gasteiger partial charge on any atom is -0.336 e. The smallest absolute Gasteiger partial charge is 0.295 e. The van der Waals surface area contributed by atoms with Crippen LogP contribution in [0, 0.1) is 0 Å². The number of carbonyl (C=O) groups excluding carboxylic acids is 3. The second kappa shape index (κ2) is 6.14. The Labute approximate surface area is 117 Å². The molecule has 0 spiro atoms. The molecule has 20 heavy (non-hydrogen) atoms. The molecule has 0 aromatic heterocycles. The van der Waals surface area contributed by atoms with E-state index in [1.165, 1.54) is 11.0 Å². The van der Waals surface area contributed by atoms with E-state index in [0.717, 1.165) is 0 Å². The number of nitrogens with zero attached hydrogens (tertiary/aromatic N) is 2. The van der Waals surface area contributed by atoms with Gasteiger partial charge in [-0.15, -0.1) is 0 Å². The zero-order valence-electron chi connectivity index (χ0n) is 11.1. The van der Waals surface area contributed by atoms with Gasteiger partial charge in [-0.3, -0.25) is 14.4 Å². The van der Waals surface area contributed by atoms with E-state index in [2.05, 4.69) is 6.58 Å². The number of hydrogen-bond acceptors (Lipinski definition) is 3. The number of Topliss-reactive ketones (excluding diaryl/α,β-unsaturated/α-hetero) is 1. The van der Waals surface area contributed by atoms with E-state index in [-0.39, 0.29) is 5.91 Å². The highest BCUT2D eigenvalue weighted by atomic mass is 16.2. The molecular weight excluding hydrogens is 256 g/mol. The predicted molar refractivity (Wildman–Crippen MR) is 74.1 cm³/mol. The molecule has 104 valence electrons. The standard InChI is InChI=1S/C15H16N2O3/c1-2-13(18)16-8-10-17(11-9-16)15(20)14(19)12-6-4-3-5-7-12/h2-7H,1,8-11H2. The van der Waals surface area contributed by atoms with Gasteiger partial charge in [0.1, 0.15) is 0 Å². The van der Waals surface area contributed by atoms with E-state index in [4.69, 9.17) is 0 Å². The topological polar surface area (TPSA) is 57.7 Å². The summed E-state index contributed by atoms with van der Waals surface area (Å²) in [5.74, 6) is -1.16. The highest BCUT2D eigenvalue weighted by molar-refractivity contribution is 6.42. The van der Waals surface area contributed by atoms with Crippen molar-refractivity contribution in [3.05, 3.63) is 48.6 Å². The molecule has 0 unspecified atom stereocenters. The number of piperazine rings is 1. The highest BCUT2D eigenvalue weighted by Gasteiger charge is 2.27. The molecule has 2 amide bonds. The van der Waals surface area contributed by atoms with Crippen LogP contribution in [0.15, 0.2) is 43.0 Å². The number of carbonyl (C=O) groups is 3. The number of ketones is 1. The number of rotatable bonds is 3. The highest BCUT2D eigenvalue weighted by Crippen LogP contribution is 2.07. The van der Waals surface area contributed by atoms with E-state index >= 15 is 0 Å². The first-order chi connectivity index (χ1) is 9.63. The molecule has 1 fully saturated rings. The van der Waals surface area contributed by atoms with Crippen molar-refractivity contribution in [3.8, 4) is 0 Å². The fraction of sp³-hybridized carbons (Fsp3) is 0.267. The van der Waals surface area contributed by atoms with Gasteiger partial charge in [0.2, 0.25) is 11.7 Å². The minimum absolute atomic E-state index is 0.147. The average Bonchev–Trinajstić information content (AvgIpc) is 2.53. The summed E-state index contributed by atoms with van der Waals surface area (Å²) >= 11 is 0. The largest absolute Gasteiger partial charge is 0.336 e. The molecule has 0 bridgehead atoms. The Kier molecular flexibility index (Phi) is 4.30. The SMILES string of the molecule is C=CC(=O)N1CCN(C(=O)C(=O)c2ccccc2)CC1. The summed E-state index contributed by atoms with van der Waals surface area (Å²) in [7, 11) is 0. The molecule has 0 N–H and O–H groups in total. The van der Waals surface area contributed by atoms with E-state index in [1.54, 1.807) is 35.2 Å². The molecule has 1 aliphatic rings. The Morgan fingerprint density at radius 1 is 0.950 bits per heavy atom. The molecular formula is C15H16N2O3. The van der Waals surface area contributed by atoms with Crippen LogP contribution in [0.3, 0.4) is 0 Å². The van der Waals surface area contributed by atoms with Crippen LogP contribution in [0.2, 0.25) is 0 Å². The molecule has 0 radical (unpaired) electrons. The zero-order valence-corrected chi connectivity index (χ0v) is 11.1. The van der Waals surface area contributed by atoms with Gasteiger partial charge in [0.05, 0.1) is 0 Å². The van der Waals surface area contributed by atoms with Crippen LogP contribution >= 0.6 is 0 Å². The van der Waals surface area contributed by atoms with Gasteiger partial charge in [0.25, 0.3) is 5.91 Å². The van der Waals surface area contributed by atoms with Gasteiger partial charge >= 0.3 is 0 Å². The lowest BCUT2D eigenvalue weighted by atomic mass is 10.1. The number of benzene rings is 1. The van der Waals surface area contributed by atoms with Crippen molar-refractivity contribution in [2.75, 3.05) is 26.2 Å². The molecule has 1 aromatic rings. The Bertz CT molecular complexity index is 531. The molecule has 1 aromatic carbocycles. The van der Waals surface area contributed by atoms with Crippen LogP contribution in [0.1, 0.15) is 10.4 Å². The molecule has 1 saturated heterocycles. The summed E-state index contributed by atoms with van der Waals surface area (Å²) in [4.78, 5) is 38.7. The summed E-state index contributed by atoms with van der Waals surface area (Å²) in [6, 6.07) is 8.48. The Balaban J connectivity index is 1.97. The summed E-state index contributed by atoms with van der Waals surface area (Å²) in [5, 5.41) is 0. The fourth-order valence-corrected chi connectivity index (χ4v) is 2.12. The maximum Gasteiger partial charge on any atom is 0.295 e. The van der Waals surface area contributed by atoms with Crippen molar-refractivity contribution < 1.29 is 14.4 Å². The van der Waals surface area contributed by atoms with Crippen LogP contribution in [-0.2, 0) is 9.59 Å². The van der Waals surface area contributed by atoms with Crippen molar-refractivity contribution in [2.45, 2.75) is 0 Å². The summed E-state index contributed by atoms with van der Waals surface area (Å²) in [6.07, 6.45) is 1.26. The fourth-order valence-electron chi connectivity index (χ4n) is 2.12. The molecule has 5 nitrogen and oxygen atoms in total. The van der Waals surface area contributed by atoms with Crippen molar-refractivity contribution >= 4 is 17.6 Å². The Morgan fingerprint density at radius 3 is 2.05 bits per heavy atom. The molecule has 0 atom stereocenters. The molecule has 0 aliphatic carbocycles. The molecule has 1 aliphatic heterocycles. The molecule has 2 rings (SSSR count). The summed E-state index contributed by atoms with van der Waals surface area (Å²) in [5.41, 5.74) is 0.391. The lowest BCUT2D eigenvalue weighted by Gasteiger charge is -2.33. The van der Waals surface area contributed by atoms with Crippen molar-refractivity contribution in [1.82, 2.24) is 9.80 Å². The van der Waals surface area contributed by atoms with E-state index in [1.807, 2.05) is 0 Å². The average molecular weight is 272 g/mol. The lowest BCUT2D eigenvalue weighted by molar-refractivity contribution is -0.134. The molecule has 0 saturated carbocycles. The predicted octanol–water partition coefficient (Wildman–Crippen LogP) is 0.726. The first-order valence-electron chi connectivity index (χ1n) is 6.43. The van der Waals surface area contributed by atoms with Gasteiger partial charge in [0, 0.05) is 31.7 Å².